The van der Waals surface area contributed by atoms with Crippen LogP contribution < -0.4 is 0 Å². The van der Waals surface area contributed by atoms with Crippen LogP contribution in [0.2, 0.25) is 0 Å². The van der Waals surface area contributed by atoms with E-state index in [0.29, 0.717) is 12.5 Å². The van der Waals surface area contributed by atoms with E-state index in [0.717, 1.165) is 12.8 Å². The lowest BCUT2D eigenvalue weighted by Crippen LogP contribution is -2.15. The van der Waals surface area contributed by atoms with Gasteiger partial charge in [0.2, 0.25) is 0 Å². The molecule has 2 heteroatoms. The Balaban J connectivity index is 2.14. The highest BCUT2D eigenvalue weighted by molar-refractivity contribution is 4.92. The normalized spacial score (nSPS) is 31.5. The maximum Gasteiger partial charge on any atom is 0.110 e. The lowest BCUT2D eigenvalue weighted by molar-refractivity contribution is 0.138. The highest BCUT2D eigenvalue weighted by atomic mass is 16.6. The van der Waals surface area contributed by atoms with E-state index >= 15 is 0 Å². The van der Waals surface area contributed by atoms with E-state index in [1.54, 1.807) is 6.08 Å². The molecule has 1 aliphatic heterocycles. The van der Waals surface area contributed by atoms with Crippen molar-refractivity contribution < 1.29 is 9.84 Å². The fourth-order valence-electron chi connectivity index (χ4n) is 1.32. The van der Waals surface area contributed by atoms with Crippen LogP contribution >= 0.6 is 0 Å². The summed E-state index contributed by atoms with van der Waals surface area (Å²) in [6.45, 7) is 5.69. The van der Waals surface area contributed by atoms with Gasteiger partial charge in [-0.2, -0.15) is 0 Å². The Bertz CT molecular complexity index is 134. The minimum Gasteiger partial charge on any atom is -0.390 e. The molecule has 1 aliphatic rings. The maximum absolute atomic E-state index is 9.39. The Morgan fingerprint density at radius 2 is 2.45 bits per heavy atom. The standard InChI is InChI=1S/C9H16O2/c1-3-5-7(10)9-8(11-9)6-4-2/h3,7-10H,1,4-6H2,2H3/t7-,8-,9-/m1/s1. The van der Waals surface area contributed by atoms with Gasteiger partial charge in [-0.25, -0.2) is 0 Å². The Morgan fingerprint density at radius 3 is 3.00 bits per heavy atom. The number of epoxide rings is 1. The quantitative estimate of drug-likeness (QED) is 0.483. The lowest BCUT2D eigenvalue weighted by Gasteiger charge is -2.01. The second kappa shape index (κ2) is 3.88. The summed E-state index contributed by atoms with van der Waals surface area (Å²) in [6, 6.07) is 0. The molecule has 1 fully saturated rings. The van der Waals surface area contributed by atoms with Gasteiger partial charge in [0.15, 0.2) is 0 Å². The maximum atomic E-state index is 9.39. The molecule has 0 aromatic carbocycles. The molecule has 0 radical (unpaired) electrons. The first-order valence-corrected chi connectivity index (χ1v) is 4.24. The van der Waals surface area contributed by atoms with Crippen molar-refractivity contribution in [2.45, 2.75) is 44.5 Å². The van der Waals surface area contributed by atoms with Crippen molar-refractivity contribution >= 4 is 0 Å². The van der Waals surface area contributed by atoms with E-state index < -0.39 is 0 Å². The number of hydrogen-bond acceptors (Lipinski definition) is 2. The number of ether oxygens (including phenoxy) is 1. The lowest BCUT2D eigenvalue weighted by atomic mass is 10.1. The molecule has 0 aliphatic carbocycles. The third-order valence-corrected chi connectivity index (χ3v) is 1.98. The van der Waals surface area contributed by atoms with Gasteiger partial charge < -0.3 is 9.84 Å². The first-order chi connectivity index (χ1) is 5.29. The van der Waals surface area contributed by atoms with Crippen LogP contribution in [0.4, 0.5) is 0 Å². The molecular weight excluding hydrogens is 140 g/mol. The molecule has 1 heterocycles. The van der Waals surface area contributed by atoms with Crippen LogP contribution in [0.3, 0.4) is 0 Å². The van der Waals surface area contributed by atoms with Crippen LogP contribution in [-0.2, 0) is 4.74 Å². The van der Waals surface area contributed by atoms with Crippen LogP contribution in [0.15, 0.2) is 12.7 Å². The Hall–Kier alpha value is -0.340. The summed E-state index contributed by atoms with van der Waals surface area (Å²) in [5.41, 5.74) is 0. The summed E-state index contributed by atoms with van der Waals surface area (Å²) in [7, 11) is 0. The monoisotopic (exact) mass is 156 g/mol. The van der Waals surface area contributed by atoms with Crippen molar-refractivity contribution in [3.8, 4) is 0 Å². The Morgan fingerprint density at radius 1 is 1.73 bits per heavy atom. The van der Waals surface area contributed by atoms with Gasteiger partial charge in [-0.15, -0.1) is 6.58 Å². The van der Waals surface area contributed by atoms with Crippen molar-refractivity contribution in [2.24, 2.45) is 0 Å². The first kappa shape index (κ1) is 8.75. The molecular formula is C9H16O2. The fourth-order valence-corrected chi connectivity index (χ4v) is 1.32. The molecule has 0 aromatic rings. The minimum atomic E-state index is -0.330. The predicted octanol–water partition coefficient (Wildman–Crippen LogP) is 1.49. The second-order valence-electron chi connectivity index (χ2n) is 3.02. The summed E-state index contributed by atoms with van der Waals surface area (Å²) >= 11 is 0. The zero-order chi connectivity index (χ0) is 8.27. The van der Waals surface area contributed by atoms with Crippen LogP contribution in [0, 0.1) is 0 Å². The van der Waals surface area contributed by atoms with Crippen LogP contribution in [0.25, 0.3) is 0 Å². The fraction of sp³-hybridized carbons (Fsp3) is 0.778. The predicted molar refractivity (Wildman–Crippen MR) is 44.4 cm³/mol. The molecule has 0 saturated carbocycles. The number of rotatable bonds is 5. The highest BCUT2D eigenvalue weighted by Gasteiger charge is 2.42. The molecule has 0 unspecified atom stereocenters. The summed E-state index contributed by atoms with van der Waals surface area (Å²) in [5.74, 6) is 0. The molecule has 2 nitrogen and oxygen atoms in total. The van der Waals surface area contributed by atoms with Gasteiger partial charge in [-0.3, -0.25) is 0 Å². The Labute approximate surface area is 67.9 Å². The molecule has 1 saturated heterocycles. The molecule has 64 valence electrons. The Kier molecular flexibility index (Phi) is 3.09. The summed E-state index contributed by atoms with van der Waals surface area (Å²) in [5, 5.41) is 9.39. The van der Waals surface area contributed by atoms with Crippen molar-refractivity contribution in [3.63, 3.8) is 0 Å². The van der Waals surface area contributed by atoms with Gasteiger partial charge in [-0.05, 0) is 12.8 Å². The van der Waals surface area contributed by atoms with Crippen molar-refractivity contribution in [3.05, 3.63) is 12.7 Å². The van der Waals surface area contributed by atoms with Gasteiger partial charge in [0.1, 0.15) is 6.10 Å². The van der Waals surface area contributed by atoms with Crippen LogP contribution in [0.1, 0.15) is 26.2 Å². The molecule has 0 aromatic heterocycles. The molecule has 3 atom stereocenters. The van der Waals surface area contributed by atoms with E-state index in [1.165, 1.54) is 0 Å². The van der Waals surface area contributed by atoms with Gasteiger partial charge in [0, 0.05) is 0 Å². The van der Waals surface area contributed by atoms with Gasteiger partial charge in [0.25, 0.3) is 0 Å². The number of hydrogen-bond donors (Lipinski definition) is 1. The number of aliphatic hydroxyl groups excluding tert-OH is 1. The van der Waals surface area contributed by atoms with E-state index in [-0.39, 0.29) is 12.2 Å². The van der Waals surface area contributed by atoms with Gasteiger partial charge in [0.05, 0.1) is 12.2 Å². The van der Waals surface area contributed by atoms with Crippen molar-refractivity contribution in [1.82, 2.24) is 0 Å². The summed E-state index contributed by atoms with van der Waals surface area (Å²) < 4.78 is 5.27. The average Bonchev–Trinajstić information content (AvgIpc) is 2.69. The molecule has 0 bridgehead atoms. The zero-order valence-electron chi connectivity index (χ0n) is 6.99. The topological polar surface area (TPSA) is 32.8 Å². The van der Waals surface area contributed by atoms with Gasteiger partial charge in [-0.1, -0.05) is 19.4 Å². The molecule has 0 spiro atoms. The van der Waals surface area contributed by atoms with Crippen molar-refractivity contribution in [2.75, 3.05) is 0 Å². The summed E-state index contributed by atoms with van der Waals surface area (Å²) in [6.07, 6.45) is 4.65. The van der Waals surface area contributed by atoms with Crippen LogP contribution in [-0.4, -0.2) is 23.4 Å². The smallest absolute Gasteiger partial charge is 0.110 e. The van der Waals surface area contributed by atoms with Crippen molar-refractivity contribution in [1.29, 1.82) is 0 Å². The first-order valence-electron chi connectivity index (χ1n) is 4.24. The van der Waals surface area contributed by atoms with Crippen LogP contribution in [0.5, 0.6) is 0 Å². The molecule has 1 N–H and O–H groups in total. The molecule has 11 heavy (non-hydrogen) atoms. The SMILES string of the molecule is C=CC[C@@H](O)[C@H]1O[C@@H]1CCC. The minimum absolute atomic E-state index is 0.0907. The van der Waals surface area contributed by atoms with Gasteiger partial charge >= 0.3 is 0 Å². The molecule has 0 amide bonds. The van der Waals surface area contributed by atoms with E-state index in [2.05, 4.69) is 13.5 Å². The zero-order valence-corrected chi connectivity index (χ0v) is 6.99. The van der Waals surface area contributed by atoms with E-state index in [1.807, 2.05) is 0 Å². The third-order valence-electron chi connectivity index (χ3n) is 1.98. The summed E-state index contributed by atoms with van der Waals surface area (Å²) in [4.78, 5) is 0. The largest absolute Gasteiger partial charge is 0.390 e. The van der Waals surface area contributed by atoms with E-state index in [9.17, 15) is 5.11 Å². The second-order valence-corrected chi connectivity index (χ2v) is 3.02. The van der Waals surface area contributed by atoms with E-state index in [4.69, 9.17) is 4.74 Å². The number of aliphatic hydroxyl groups is 1. The average molecular weight is 156 g/mol. The third kappa shape index (κ3) is 2.31. The molecule has 1 rings (SSSR count). The highest BCUT2D eigenvalue weighted by Crippen LogP contribution is 2.30.